The number of hydrogen-bond acceptors (Lipinski definition) is 2. The van der Waals surface area contributed by atoms with Gasteiger partial charge in [0.25, 0.3) is 0 Å². The predicted octanol–water partition coefficient (Wildman–Crippen LogP) is 6.82. The van der Waals surface area contributed by atoms with Gasteiger partial charge < -0.3 is 4.74 Å². The molecular formula is C24H40O2. The van der Waals surface area contributed by atoms with Gasteiger partial charge in [0.1, 0.15) is 0 Å². The molecule has 0 unspecified atom stereocenters. The van der Waals surface area contributed by atoms with Crippen LogP contribution in [0.5, 0.6) is 0 Å². The van der Waals surface area contributed by atoms with Gasteiger partial charge in [0.15, 0.2) is 6.61 Å². The minimum Gasteiger partial charge on any atom is -0.452 e. The molecule has 0 saturated carbocycles. The van der Waals surface area contributed by atoms with E-state index in [1.54, 1.807) is 0 Å². The Labute approximate surface area is 162 Å². The highest BCUT2D eigenvalue weighted by Gasteiger charge is 2.01. The monoisotopic (exact) mass is 360 g/mol. The summed E-state index contributed by atoms with van der Waals surface area (Å²) in [4.78, 5) is 11.6. The number of carbonyl (C=O) groups excluding carboxylic acids is 1. The van der Waals surface area contributed by atoms with Crippen LogP contribution >= 0.6 is 0 Å². The lowest BCUT2D eigenvalue weighted by atomic mass is 10.1. The third kappa shape index (κ3) is 20.6. The van der Waals surface area contributed by atoms with Gasteiger partial charge >= 0.3 is 5.97 Å². The van der Waals surface area contributed by atoms with Gasteiger partial charge in [-0.3, -0.25) is 4.79 Å². The standard InChI is InChI=1S/C24H40O2/c1-3-5-7-9-11-13-14-15-17-19-21-23-26-24(25)22-20-18-16-12-10-8-6-4-2/h2H,3,5-18,20,22-23H2,1H3. The van der Waals surface area contributed by atoms with Gasteiger partial charge in [0.05, 0.1) is 0 Å². The van der Waals surface area contributed by atoms with Crippen molar-refractivity contribution in [2.45, 2.75) is 116 Å². The molecule has 0 spiro atoms. The molecule has 0 aromatic heterocycles. The molecule has 0 N–H and O–H groups in total. The Hall–Kier alpha value is -1.41. The average Bonchev–Trinajstić information content (AvgIpc) is 2.65. The van der Waals surface area contributed by atoms with Crippen molar-refractivity contribution in [1.82, 2.24) is 0 Å². The molecular weight excluding hydrogens is 320 g/mol. The fraction of sp³-hybridized carbons (Fsp3) is 0.792. The van der Waals surface area contributed by atoms with E-state index in [-0.39, 0.29) is 12.6 Å². The largest absolute Gasteiger partial charge is 0.452 e. The average molecular weight is 361 g/mol. The van der Waals surface area contributed by atoms with Crippen LogP contribution in [0.25, 0.3) is 0 Å². The number of unbranched alkanes of at least 4 members (excludes halogenated alkanes) is 14. The quantitative estimate of drug-likeness (QED) is 0.162. The SMILES string of the molecule is C#CCCCCCCCCC(=O)OCC#CCCCCCCCCCC. The number of terminal acetylenes is 1. The summed E-state index contributed by atoms with van der Waals surface area (Å²) in [7, 11) is 0. The van der Waals surface area contributed by atoms with Gasteiger partial charge in [-0.05, 0) is 19.3 Å². The zero-order chi connectivity index (χ0) is 19.1. The molecule has 0 fully saturated rings. The van der Waals surface area contributed by atoms with E-state index in [1.165, 1.54) is 64.2 Å². The van der Waals surface area contributed by atoms with Crippen molar-refractivity contribution >= 4 is 5.97 Å². The zero-order valence-corrected chi connectivity index (χ0v) is 17.1. The molecule has 0 aliphatic heterocycles. The van der Waals surface area contributed by atoms with Crippen molar-refractivity contribution < 1.29 is 9.53 Å². The number of esters is 1. The van der Waals surface area contributed by atoms with Crippen LogP contribution in [0.1, 0.15) is 116 Å². The molecule has 0 atom stereocenters. The maximum absolute atomic E-state index is 11.6. The van der Waals surface area contributed by atoms with Crippen LogP contribution < -0.4 is 0 Å². The smallest absolute Gasteiger partial charge is 0.306 e. The number of rotatable bonds is 17. The molecule has 0 aliphatic carbocycles. The second kappa shape index (κ2) is 21.6. The van der Waals surface area contributed by atoms with Crippen LogP contribution in [-0.2, 0) is 9.53 Å². The number of hydrogen-bond donors (Lipinski definition) is 0. The van der Waals surface area contributed by atoms with Crippen molar-refractivity contribution in [3.8, 4) is 24.2 Å². The van der Waals surface area contributed by atoms with E-state index in [0.717, 1.165) is 38.5 Å². The van der Waals surface area contributed by atoms with E-state index < -0.39 is 0 Å². The van der Waals surface area contributed by atoms with Gasteiger partial charge in [-0.1, -0.05) is 89.4 Å². The lowest BCUT2D eigenvalue weighted by Crippen LogP contribution is -2.04. The Balaban J connectivity index is 3.28. The maximum atomic E-state index is 11.6. The molecule has 0 heterocycles. The van der Waals surface area contributed by atoms with E-state index in [9.17, 15) is 4.79 Å². The van der Waals surface area contributed by atoms with Crippen LogP contribution in [0.4, 0.5) is 0 Å². The summed E-state index contributed by atoms with van der Waals surface area (Å²) in [6, 6.07) is 0. The normalized spacial score (nSPS) is 10.0. The summed E-state index contributed by atoms with van der Waals surface area (Å²) in [6.45, 7) is 2.50. The summed E-state index contributed by atoms with van der Waals surface area (Å²) in [5, 5.41) is 0. The van der Waals surface area contributed by atoms with Gasteiger partial charge in [0, 0.05) is 19.3 Å². The van der Waals surface area contributed by atoms with Crippen molar-refractivity contribution in [2.24, 2.45) is 0 Å². The molecule has 0 aromatic carbocycles. The fourth-order valence-electron chi connectivity index (χ4n) is 2.88. The summed E-state index contributed by atoms with van der Waals surface area (Å²) in [5.74, 6) is 8.62. The second-order valence-corrected chi connectivity index (χ2v) is 7.06. The number of ether oxygens (including phenoxy) is 1. The molecule has 26 heavy (non-hydrogen) atoms. The Bertz CT molecular complexity index is 408. The molecule has 0 rings (SSSR count). The van der Waals surface area contributed by atoms with Crippen LogP contribution in [0.3, 0.4) is 0 Å². The highest BCUT2D eigenvalue weighted by atomic mass is 16.5. The highest BCUT2D eigenvalue weighted by molar-refractivity contribution is 5.69. The van der Waals surface area contributed by atoms with E-state index >= 15 is 0 Å². The van der Waals surface area contributed by atoms with Crippen molar-refractivity contribution in [3.63, 3.8) is 0 Å². The van der Waals surface area contributed by atoms with Crippen molar-refractivity contribution in [1.29, 1.82) is 0 Å². The highest BCUT2D eigenvalue weighted by Crippen LogP contribution is 2.10. The van der Waals surface area contributed by atoms with Crippen LogP contribution in [0, 0.1) is 24.2 Å². The molecule has 0 aliphatic rings. The van der Waals surface area contributed by atoms with Crippen molar-refractivity contribution in [2.75, 3.05) is 6.61 Å². The third-order valence-corrected chi connectivity index (χ3v) is 4.54. The first kappa shape index (κ1) is 24.6. The van der Waals surface area contributed by atoms with Gasteiger partial charge in [-0.25, -0.2) is 0 Å². The Morgan fingerprint density at radius 2 is 1.27 bits per heavy atom. The second-order valence-electron chi connectivity index (χ2n) is 7.06. The first-order chi connectivity index (χ1) is 12.8. The maximum Gasteiger partial charge on any atom is 0.306 e. The van der Waals surface area contributed by atoms with Gasteiger partial charge in [-0.2, -0.15) is 0 Å². The Morgan fingerprint density at radius 3 is 1.88 bits per heavy atom. The molecule has 2 nitrogen and oxygen atoms in total. The van der Waals surface area contributed by atoms with Gasteiger partial charge in [-0.15, -0.1) is 12.3 Å². The molecule has 0 saturated heterocycles. The first-order valence-corrected chi connectivity index (χ1v) is 10.9. The summed E-state index contributed by atoms with van der Waals surface area (Å²) < 4.78 is 5.15. The first-order valence-electron chi connectivity index (χ1n) is 10.9. The van der Waals surface area contributed by atoms with E-state index in [0.29, 0.717) is 6.42 Å². The summed E-state index contributed by atoms with van der Waals surface area (Å²) >= 11 is 0. The summed E-state index contributed by atoms with van der Waals surface area (Å²) in [5.41, 5.74) is 0. The molecule has 0 amide bonds. The number of carbonyl (C=O) groups is 1. The van der Waals surface area contributed by atoms with E-state index in [4.69, 9.17) is 11.2 Å². The summed E-state index contributed by atoms with van der Waals surface area (Å²) in [6.07, 6.45) is 24.8. The van der Waals surface area contributed by atoms with Crippen LogP contribution in [-0.4, -0.2) is 12.6 Å². The lowest BCUT2D eigenvalue weighted by molar-refractivity contribution is -0.142. The van der Waals surface area contributed by atoms with E-state index in [2.05, 4.69) is 24.7 Å². The van der Waals surface area contributed by atoms with Crippen molar-refractivity contribution in [3.05, 3.63) is 0 Å². The van der Waals surface area contributed by atoms with Gasteiger partial charge in [0.2, 0.25) is 0 Å². The molecule has 0 radical (unpaired) electrons. The Morgan fingerprint density at radius 1 is 0.731 bits per heavy atom. The minimum atomic E-state index is -0.112. The zero-order valence-electron chi connectivity index (χ0n) is 17.1. The van der Waals surface area contributed by atoms with E-state index in [1.807, 2.05) is 0 Å². The lowest BCUT2D eigenvalue weighted by Gasteiger charge is -2.01. The Kier molecular flexibility index (Phi) is 20.5. The molecule has 148 valence electrons. The molecule has 2 heteroatoms. The van der Waals surface area contributed by atoms with Crippen LogP contribution in [0.15, 0.2) is 0 Å². The topological polar surface area (TPSA) is 26.3 Å². The third-order valence-electron chi connectivity index (χ3n) is 4.54. The molecule has 0 aromatic rings. The molecule has 0 bridgehead atoms. The fourth-order valence-corrected chi connectivity index (χ4v) is 2.88. The minimum absolute atomic E-state index is 0.112. The van der Waals surface area contributed by atoms with Crippen LogP contribution in [0.2, 0.25) is 0 Å². The predicted molar refractivity (Wildman–Crippen MR) is 112 cm³/mol.